The molecule has 0 unspecified atom stereocenters. The lowest BCUT2D eigenvalue weighted by Gasteiger charge is -2.30. The van der Waals surface area contributed by atoms with Crippen molar-refractivity contribution in [3.05, 3.63) is 23.5 Å². The van der Waals surface area contributed by atoms with E-state index >= 15 is 0 Å². The molecule has 0 radical (unpaired) electrons. The number of rotatable bonds is 2. The molecule has 1 amide bonds. The summed E-state index contributed by atoms with van der Waals surface area (Å²) >= 11 is 0. The van der Waals surface area contributed by atoms with Crippen LogP contribution in [0.1, 0.15) is 36.0 Å². The minimum absolute atomic E-state index is 0.0275. The second-order valence-electron chi connectivity index (χ2n) is 5.52. The van der Waals surface area contributed by atoms with E-state index in [1.165, 1.54) is 0 Å². The number of alkyl halides is 3. The van der Waals surface area contributed by atoms with E-state index in [0.29, 0.717) is 0 Å². The molecule has 22 heavy (non-hydrogen) atoms. The Bertz CT molecular complexity index is 566. The maximum atomic E-state index is 13.7. The SMILES string of the molecule is Nc1cc(F)c(C(=O)N[C@H]2CC[C@H](C(F)(F)F)CC2)cc1N. The van der Waals surface area contributed by atoms with Gasteiger partial charge in [-0.05, 0) is 37.8 Å². The first-order valence-corrected chi connectivity index (χ1v) is 6.90. The molecule has 5 N–H and O–H groups in total. The number of halogens is 4. The Hall–Kier alpha value is -1.99. The van der Waals surface area contributed by atoms with E-state index < -0.39 is 29.9 Å². The van der Waals surface area contributed by atoms with Crippen LogP contribution in [0.2, 0.25) is 0 Å². The molecule has 1 aliphatic carbocycles. The predicted octanol–water partition coefficient (Wildman–Crippen LogP) is 2.84. The first-order chi connectivity index (χ1) is 10.2. The molecule has 2 rings (SSSR count). The molecule has 0 aromatic heterocycles. The average molecular weight is 319 g/mol. The van der Waals surface area contributed by atoms with Gasteiger partial charge in [-0.2, -0.15) is 13.2 Å². The predicted molar refractivity (Wildman–Crippen MR) is 74.5 cm³/mol. The number of carbonyl (C=O) groups excluding carboxylic acids is 1. The topological polar surface area (TPSA) is 81.1 Å². The Morgan fingerprint density at radius 1 is 1.09 bits per heavy atom. The molecule has 122 valence electrons. The van der Waals surface area contributed by atoms with Gasteiger partial charge in [-0.1, -0.05) is 0 Å². The quantitative estimate of drug-likeness (QED) is 0.579. The van der Waals surface area contributed by atoms with Crippen LogP contribution < -0.4 is 16.8 Å². The van der Waals surface area contributed by atoms with Gasteiger partial charge in [-0.25, -0.2) is 4.39 Å². The smallest absolute Gasteiger partial charge is 0.391 e. The van der Waals surface area contributed by atoms with Crippen molar-refractivity contribution in [2.75, 3.05) is 11.5 Å². The first-order valence-electron chi connectivity index (χ1n) is 6.90. The van der Waals surface area contributed by atoms with E-state index in [2.05, 4.69) is 5.32 Å². The summed E-state index contributed by atoms with van der Waals surface area (Å²) < 4.78 is 51.4. The zero-order chi connectivity index (χ0) is 16.5. The zero-order valence-corrected chi connectivity index (χ0v) is 11.7. The molecular formula is C14H17F4N3O. The van der Waals surface area contributed by atoms with Crippen LogP contribution in [0.4, 0.5) is 28.9 Å². The third kappa shape index (κ3) is 3.61. The van der Waals surface area contributed by atoms with Crippen molar-refractivity contribution in [2.24, 2.45) is 5.92 Å². The van der Waals surface area contributed by atoms with Gasteiger partial charge >= 0.3 is 6.18 Å². The largest absolute Gasteiger partial charge is 0.397 e. The summed E-state index contributed by atoms with van der Waals surface area (Å²) in [5.41, 5.74) is 10.8. The highest BCUT2D eigenvalue weighted by molar-refractivity contribution is 5.96. The highest BCUT2D eigenvalue weighted by Crippen LogP contribution is 2.37. The van der Waals surface area contributed by atoms with Gasteiger partial charge in [0, 0.05) is 6.04 Å². The summed E-state index contributed by atoms with van der Waals surface area (Å²) in [6.45, 7) is 0. The van der Waals surface area contributed by atoms with Gasteiger partial charge in [0.25, 0.3) is 5.91 Å². The van der Waals surface area contributed by atoms with Crippen molar-refractivity contribution in [3.63, 3.8) is 0 Å². The first kappa shape index (κ1) is 16.4. The number of nitrogens with one attached hydrogen (secondary N) is 1. The summed E-state index contributed by atoms with van der Waals surface area (Å²) in [5.74, 6) is -2.84. The molecule has 8 heteroatoms. The molecule has 1 aromatic carbocycles. The molecule has 0 spiro atoms. The van der Waals surface area contributed by atoms with Crippen LogP contribution in [0.15, 0.2) is 12.1 Å². The average Bonchev–Trinajstić information content (AvgIpc) is 2.42. The molecule has 1 aromatic rings. The van der Waals surface area contributed by atoms with E-state index in [1.807, 2.05) is 0 Å². The summed E-state index contributed by atoms with van der Waals surface area (Å²) in [7, 11) is 0. The molecule has 1 fully saturated rings. The van der Waals surface area contributed by atoms with Crippen LogP contribution in [0.3, 0.4) is 0 Å². The molecular weight excluding hydrogens is 302 g/mol. The maximum absolute atomic E-state index is 13.7. The molecule has 0 saturated heterocycles. The zero-order valence-electron chi connectivity index (χ0n) is 11.7. The Kier molecular flexibility index (Phi) is 4.48. The molecule has 0 bridgehead atoms. The van der Waals surface area contributed by atoms with Crippen molar-refractivity contribution >= 4 is 17.3 Å². The number of nitrogens with two attached hydrogens (primary N) is 2. The second-order valence-corrected chi connectivity index (χ2v) is 5.52. The van der Waals surface area contributed by atoms with Crippen molar-refractivity contribution in [3.8, 4) is 0 Å². The summed E-state index contributed by atoms with van der Waals surface area (Å²) in [6.07, 6.45) is -3.86. The molecule has 0 aliphatic heterocycles. The van der Waals surface area contributed by atoms with Crippen LogP contribution >= 0.6 is 0 Å². The van der Waals surface area contributed by atoms with E-state index in [0.717, 1.165) is 12.1 Å². The summed E-state index contributed by atoms with van der Waals surface area (Å²) in [6, 6.07) is 1.68. The Labute approximate surface area is 124 Å². The fourth-order valence-electron chi connectivity index (χ4n) is 2.61. The molecule has 0 atom stereocenters. The number of anilines is 2. The lowest BCUT2D eigenvalue weighted by atomic mass is 9.85. The summed E-state index contributed by atoms with van der Waals surface area (Å²) in [4.78, 5) is 12.0. The highest BCUT2D eigenvalue weighted by atomic mass is 19.4. The van der Waals surface area contributed by atoms with Crippen LogP contribution in [0.25, 0.3) is 0 Å². The molecule has 4 nitrogen and oxygen atoms in total. The van der Waals surface area contributed by atoms with E-state index in [4.69, 9.17) is 11.5 Å². The number of benzene rings is 1. The second kappa shape index (κ2) is 6.02. The Balaban J connectivity index is 1.98. The monoisotopic (exact) mass is 319 g/mol. The van der Waals surface area contributed by atoms with Gasteiger partial charge in [0.15, 0.2) is 0 Å². The maximum Gasteiger partial charge on any atom is 0.391 e. The fourth-order valence-corrected chi connectivity index (χ4v) is 2.61. The molecule has 1 aliphatic rings. The normalized spacial score (nSPS) is 22.4. The van der Waals surface area contributed by atoms with Gasteiger partial charge in [0.2, 0.25) is 0 Å². The van der Waals surface area contributed by atoms with Gasteiger partial charge in [-0.15, -0.1) is 0 Å². The summed E-state index contributed by atoms with van der Waals surface area (Å²) in [5, 5.41) is 2.55. The highest BCUT2D eigenvalue weighted by Gasteiger charge is 2.41. The minimum atomic E-state index is -4.20. The van der Waals surface area contributed by atoms with Crippen molar-refractivity contribution in [1.29, 1.82) is 0 Å². The number of carbonyl (C=O) groups is 1. The van der Waals surface area contributed by atoms with Gasteiger partial charge in [0.1, 0.15) is 5.82 Å². The Morgan fingerprint density at radius 2 is 1.64 bits per heavy atom. The van der Waals surface area contributed by atoms with Crippen LogP contribution in [0, 0.1) is 11.7 Å². The third-order valence-electron chi connectivity index (χ3n) is 3.94. The van der Waals surface area contributed by atoms with Gasteiger partial charge in [0.05, 0.1) is 22.9 Å². The van der Waals surface area contributed by atoms with E-state index in [1.54, 1.807) is 0 Å². The van der Waals surface area contributed by atoms with Crippen LogP contribution in [-0.4, -0.2) is 18.1 Å². The van der Waals surface area contributed by atoms with E-state index in [9.17, 15) is 22.4 Å². The number of nitrogen functional groups attached to an aromatic ring is 2. The van der Waals surface area contributed by atoms with Gasteiger partial charge < -0.3 is 16.8 Å². The minimum Gasteiger partial charge on any atom is -0.397 e. The number of hydrogen-bond donors (Lipinski definition) is 3. The number of hydrogen-bond acceptors (Lipinski definition) is 3. The van der Waals surface area contributed by atoms with Crippen molar-refractivity contribution in [1.82, 2.24) is 5.32 Å². The van der Waals surface area contributed by atoms with Crippen LogP contribution in [-0.2, 0) is 0 Å². The van der Waals surface area contributed by atoms with E-state index in [-0.39, 0.29) is 42.6 Å². The Morgan fingerprint density at radius 3 is 2.18 bits per heavy atom. The molecule has 1 saturated carbocycles. The molecule has 0 heterocycles. The lowest BCUT2D eigenvalue weighted by Crippen LogP contribution is -2.40. The van der Waals surface area contributed by atoms with Crippen molar-refractivity contribution < 1.29 is 22.4 Å². The standard InChI is InChI=1S/C14H17F4N3O/c15-10-6-12(20)11(19)5-9(10)13(22)21-8-3-1-7(2-4-8)14(16,17)18/h5-8H,1-4,19-20H2,(H,21,22)/t7-,8-. The lowest BCUT2D eigenvalue weighted by molar-refractivity contribution is -0.182. The van der Waals surface area contributed by atoms with Crippen LogP contribution in [0.5, 0.6) is 0 Å². The number of amides is 1. The van der Waals surface area contributed by atoms with Gasteiger partial charge in [-0.3, -0.25) is 4.79 Å². The van der Waals surface area contributed by atoms with Crippen molar-refractivity contribution in [2.45, 2.75) is 37.9 Å². The third-order valence-corrected chi connectivity index (χ3v) is 3.94. The fraction of sp³-hybridized carbons (Fsp3) is 0.500.